The molecule has 1 saturated carbocycles. The number of nitrogens with one attached hydrogen (secondary N) is 1. The SMILES string of the molecule is C[C@@H]1[C@@H](C)CCC[C@H]1[NH2+][C@@H](C)C(=O)Nc1ccc([N+](=O)[O-])cc1C(F)(F)F. The van der Waals surface area contributed by atoms with Gasteiger partial charge in [0.15, 0.2) is 6.04 Å². The zero-order chi connectivity index (χ0) is 20.4. The number of halogens is 3. The van der Waals surface area contributed by atoms with Gasteiger partial charge in [-0.25, -0.2) is 0 Å². The number of hydrogen-bond donors (Lipinski definition) is 2. The summed E-state index contributed by atoms with van der Waals surface area (Å²) < 4.78 is 39.7. The summed E-state index contributed by atoms with van der Waals surface area (Å²) in [5.41, 5.74) is -2.37. The summed E-state index contributed by atoms with van der Waals surface area (Å²) in [5.74, 6) is 0.403. The van der Waals surface area contributed by atoms with Gasteiger partial charge in [0, 0.05) is 18.1 Å². The predicted octanol–water partition coefficient (Wildman–Crippen LogP) is 3.33. The molecule has 3 N–H and O–H groups in total. The Morgan fingerprint density at radius 2 is 2.00 bits per heavy atom. The van der Waals surface area contributed by atoms with E-state index < -0.39 is 40.0 Å². The van der Waals surface area contributed by atoms with Crippen LogP contribution < -0.4 is 10.6 Å². The highest BCUT2D eigenvalue weighted by Gasteiger charge is 2.37. The molecule has 0 bridgehead atoms. The van der Waals surface area contributed by atoms with E-state index in [0.29, 0.717) is 17.9 Å². The van der Waals surface area contributed by atoms with Crippen LogP contribution in [-0.2, 0) is 11.0 Å². The molecule has 0 radical (unpaired) electrons. The minimum atomic E-state index is -4.81. The summed E-state index contributed by atoms with van der Waals surface area (Å²) in [5, 5.41) is 14.9. The van der Waals surface area contributed by atoms with E-state index in [-0.39, 0.29) is 6.04 Å². The third-order valence-electron chi connectivity index (χ3n) is 5.50. The molecule has 0 heterocycles. The second-order valence-corrected chi connectivity index (χ2v) is 7.39. The van der Waals surface area contributed by atoms with Gasteiger partial charge >= 0.3 is 6.18 Å². The molecule has 27 heavy (non-hydrogen) atoms. The average molecular weight is 388 g/mol. The van der Waals surface area contributed by atoms with Gasteiger partial charge in [-0.3, -0.25) is 14.9 Å². The number of nitro groups is 1. The molecule has 150 valence electrons. The minimum Gasteiger partial charge on any atom is -0.334 e. The maximum Gasteiger partial charge on any atom is 0.418 e. The third kappa shape index (κ3) is 5.18. The number of alkyl halides is 3. The Labute approximate surface area is 155 Å². The Hall–Kier alpha value is -2.16. The number of non-ortho nitro benzene ring substituents is 1. The van der Waals surface area contributed by atoms with Crippen molar-refractivity contribution in [1.82, 2.24) is 0 Å². The Balaban J connectivity index is 2.13. The van der Waals surface area contributed by atoms with Crippen molar-refractivity contribution in [2.75, 3.05) is 5.32 Å². The molecule has 9 heteroatoms. The van der Waals surface area contributed by atoms with Crippen LogP contribution in [0.1, 0.15) is 45.6 Å². The van der Waals surface area contributed by atoms with Gasteiger partial charge in [-0.2, -0.15) is 13.2 Å². The van der Waals surface area contributed by atoms with Crippen molar-refractivity contribution in [2.45, 2.75) is 58.3 Å². The monoisotopic (exact) mass is 388 g/mol. The van der Waals surface area contributed by atoms with Crippen molar-refractivity contribution in [3.8, 4) is 0 Å². The second-order valence-electron chi connectivity index (χ2n) is 7.39. The van der Waals surface area contributed by atoms with Crippen molar-refractivity contribution in [3.63, 3.8) is 0 Å². The fraction of sp³-hybridized carbons (Fsp3) is 0.611. The van der Waals surface area contributed by atoms with Crippen LogP contribution in [0.4, 0.5) is 24.5 Å². The van der Waals surface area contributed by atoms with E-state index in [1.807, 2.05) is 5.32 Å². The Kier molecular flexibility index (Phi) is 6.46. The first-order chi connectivity index (χ1) is 12.5. The number of nitrogens with two attached hydrogens (primary N) is 1. The lowest BCUT2D eigenvalue weighted by molar-refractivity contribution is -0.715. The van der Waals surface area contributed by atoms with Gasteiger partial charge in [-0.1, -0.05) is 13.8 Å². The molecule has 1 aliphatic rings. The lowest BCUT2D eigenvalue weighted by Gasteiger charge is -2.33. The number of hydrogen-bond acceptors (Lipinski definition) is 3. The van der Waals surface area contributed by atoms with Gasteiger partial charge in [0.2, 0.25) is 0 Å². The van der Waals surface area contributed by atoms with Crippen LogP contribution >= 0.6 is 0 Å². The highest BCUT2D eigenvalue weighted by molar-refractivity contribution is 5.94. The maximum absolute atomic E-state index is 13.2. The van der Waals surface area contributed by atoms with Crippen LogP contribution in [0.25, 0.3) is 0 Å². The number of benzene rings is 1. The van der Waals surface area contributed by atoms with Gasteiger partial charge in [-0.15, -0.1) is 0 Å². The smallest absolute Gasteiger partial charge is 0.334 e. The number of rotatable bonds is 5. The quantitative estimate of drug-likeness (QED) is 0.599. The number of carbonyl (C=O) groups excluding carboxylic acids is 1. The standard InChI is InChI=1S/C18H24F3N3O3/c1-10-5-4-6-15(11(10)2)22-12(3)17(25)23-16-8-7-13(24(26)27)9-14(16)18(19,20)21/h7-12,15,22H,4-6H2,1-3H3,(H,23,25)/p+1/t10-,11+,12-,15+/m0/s1. The highest BCUT2D eigenvalue weighted by atomic mass is 19.4. The minimum absolute atomic E-state index is 0.244. The molecule has 2 rings (SSSR count). The molecule has 1 aromatic carbocycles. The van der Waals surface area contributed by atoms with Gasteiger partial charge in [0.1, 0.15) is 0 Å². The Bertz CT molecular complexity index is 709. The topological polar surface area (TPSA) is 88.8 Å². The van der Waals surface area contributed by atoms with Crippen molar-refractivity contribution in [3.05, 3.63) is 33.9 Å². The first-order valence-electron chi connectivity index (χ1n) is 9.02. The Morgan fingerprint density at radius 3 is 2.59 bits per heavy atom. The molecule has 0 aliphatic heterocycles. The molecule has 1 fully saturated rings. The van der Waals surface area contributed by atoms with Crippen molar-refractivity contribution in [2.24, 2.45) is 11.8 Å². The average Bonchev–Trinajstić information content (AvgIpc) is 2.58. The van der Waals surface area contributed by atoms with E-state index in [1.54, 1.807) is 6.92 Å². The van der Waals surface area contributed by atoms with E-state index in [9.17, 15) is 28.1 Å². The second kappa shape index (κ2) is 8.24. The summed E-state index contributed by atoms with van der Waals surface area (Å²) in [6.07, 6.45) is -1.63. The lowest BCUT2D eigenvalue weighted by Crippen LogP contribution is -2.97. The van der Waals surface area contributed by atoms with Gasteiger partial charge in [0.25, 0.3) is 11.6 Å². The molecule has 0 spiro atoms. The summed E-state index contributed by atoms with van der Waals surface area (Å²) in [6, 6.07) is 1.99. The van der Waals surface area contributed by atoms with E-state index >= 15 is 0 Å². The first kappa shape index (κ1) is 21.1. The predicted molar refractivity (Wildman–Crippen MR) is 94.1 cm³/mol. The van der Waals surface area contributed by atoms with Crippen molar-refractivity contribution < 1.29 is 28.2 Å². The van der Waals surface area contributed by atoms with Crippen LogP contribution in [-0.4, -0.2) is 22.9 Å². The van der Waals surface area contributed by atoms with Crippen molar-refractivity contribution >= 4 is 17.3 Å². The summed E-state index contributed by atoms with van der Waals surface area (Å²) in [4.78, 5) is 22.3. The van der Waals surface area contributed by atoms with Crippen LogP contribution in [0.3, 0.4) is 0 Å². The summed E-state index contributed by atoms with van der Waals surface area (Å²) >= 11 is 0. The number of nitrogens with zero attached hydrogens (tertiary/aromatic N) is 1. The van der Waals surface area contributed by atoms with E-state index in [1.165, 1.54) is 0 Å². The van der Waals surface area contributed by atoms with Gasteiger partial charge in [-0.05, 0) is 38.2 Å². The van der Waals surface area contributed by atoms with Crippen LogP contribution in [0.5, 0.6) is 0 Å². The molecule has 0 unspecified atom stereocenters. The van der Waals surface area contributed by atoms with Crippen LogP contribution in [0, 0.1) is 22.0 Å². The van der Waals surface area contributed by atoms with Gasteiger partial charge < -0.3 is 10.6 Å². The Morgan fingerprint density at radius 1 is 1.33 bits per heavy atom. The third-order valence-corrected chi connectivity index (χ3v) is 5.50. The maximum atomic E-state index is 13.2. The van der Waals surface area contributed by atoms with E-state index in [4.69, 9.17) is 0 Å². The molecule has 1 amide bonds. The van der Waals surface area contributed by atoms with Crippen molar-refractivity contribution in [1.29, 1.82) is 0 Å². The lowest BCUT2D eigenvalue weighted by atomic mass is 9.78. The molecular weight excluding hydrogens is 363 g/mol. The summed E-state index contributed by atoms with van der Waals surface area (Å²) in [6.45, 7) is 5.95. The number of anilines is 1. The normalized spacial score (nSPS) is 24.3. The van der Waals surface area contributed by atoms with Gasteiger partial charge in [0.05, 0.1) is 22.2 Å². The number of quaternary nitrogens is 1. The zero-order valence-corrected chi connectivity index (χ0v) is 15.5. The molecule has 4 atom stereocenters. The number of carbonyl (C=O) groups is 1. The highest BCUT2D eigenvalue weighted by Crippen LogP contribution is 2.37. The fourth-order valence-corrected chi connectivity index (χ4v) is 3.59. The fourth-order valence-electron chi connectivity index (χ4n) is 3.59. The molecule has 0 saturated heterocycles. The van der Waals surface area contributed by atoms with Crippen LogP contribution in [0.2, 0.25) is 0 Å². The largest absolute Gasteiger partial charge is 0.418 e. The molecule has 0 aromatic heterocycles. The number of nitro benzene ring substituents is 1. The zero-order valence-electron chi connectivity index (χ0n) is 15.5. The molecule has 6 nitrogen and oxygen atoms in total. The first-order valence-corrected chi connectivity index (χ1v) is 9.02. The van der Waals surface area contributed by atoms with Crippen LogP contribution in [0.15, 0.2) is 18.2 Å². The van der Waals surface area contributed by atoms with E-state index in [2.05, 4.69) is 19.2 Å². The summed E-state index contributed by atoms with van der Waals surface area (Å²) in [7, 11) is 0. The number of amides is 1. The molecule has 1 aromatic rings. The molecule has 1 aliphatic carbocycles. The van der Waals surface area contributed by atoms with E-state index in [0.717, 1.165) is 31.4 Å². The molecular formula is C18H25F3N3O3+.